The van der Waals surface area contributed by atoms with Crippen LogP contribution in [-0.2, 0) is 6.54 Å². The highest BCUT2D eigenvalue weighted by Gasteiger charge is 2.13. The lowest BCUT2D eigenvalue weighted by atomic mass is 10.1. The molecule has 4 nitrogen and oxygen atoms in total. The van der Waals surface area contributed by atoms with E-state index in [0.29, 0.717) is 22.0 Å². The number of hydrogen-bond donors (Lipinski definition) is 2. The summed E-state index contributed by atoms with van der Waals surface area (Å²) >= 11 is 9.84. The lowest BCUT2D eigenvalue weighted by molar-refractivity contribution is 0.1000. The van der Waals surface area contributed by atoms with Gasteiger partial charge in [0.1, 0.15) is 5.82 Å². The highest BCUT2D eigenvalue weighted by molar-refractivity contribution is 9.10. The standard InChI is InChI=1S/C18H14BrClFN3O/c1-9-16(20)17(13-7-12(19)3-5-15(13)24-9)23-8-11-6-10(18(22)25)2-4-14(11)21/h2-7H,8H2,1H3,(H2,22,25)(H,23,24). The second kappa shape index (κ2) is 6.98. The number of nitrogens with one attached hydrogen (secondary N) is 1. The van der Waals surface area contributed by atoms with E-state index in [0.717, 1.165) is 15.4 Å². The number of amides is 1. The van der Waals surface area contributed by atoms with Gasteiger partial charge < -0.3 is 11.1 Å². The first-order chi connectivity index (χ1) is 11.9. The molecule has 1 heterocycles. The van der Waals surface area contributed by atoms with Crippen LogP contribution in [0.25, 0.3) is 10.9 Å². The third-order valence-corrected chi connectivity index (χ3v) is 4.79. The van der Waals surface area contributed by atoms with E-state index in [1.165, 1.54) is 18.2 Å². The third kappa shape index (κ3) is 3.60. The van der Waals surface area contributed by atoms with E-state index in [9.17, 15) is 9.18 Å². The molecule has 0 unspecified atom stereocenters. The van der Waals surface area contributed by atoms with Gasteiger partial charge in [0.05, 0.1) is 21.9 Å². The van der Waals surface area contributed by atoms with Crippen LogP contribution >= 0.6 is 27.5 Å². The lowest BCUT2D eigenvalue weighted by Gasteiger charge is -2.14. The van der Waals surface area contributed by atoms with Crippen LogP contribution in [0.5, 0.6) is 0 Å². The summed E-state index contributed by atoms with van der Waals surface area (Å²) in [7, 11) is 0. The number of carbonyl (C=O) groups is 1. The maximum atomic E-state index is 14.0. The minimum absolute atomic E-state index is 0.151. The summed E-state index contributed by atoms with van der Waals surface area (Å²) in [6.07, 6.45) is 0. The minimum Gasteiger partial charge on any atom is -0.379 e. The molecule has 3 rings (SSSR count). The fourth-order valence-electron chi connectivity index (χ4n) is 2.55. The summed E-state index contributed by atoms with van der Waals surface area (Å²) < 4.78 is 14.9. The molecule has 128 valence electrons. The molecular weight excluding hydrogens is 409 g/mol. The third-order valence-electron chi connectivity index (χ3n) is 3.84. The van der Waals surface area contributed by atoms with Crippen LogP contribution in [0.1, 0.15) is 21.6 Å². The molecule has 0 saturated carbocycles. The number of aromatic nitrogens is 1. The van der Waals surface area contributed by atoms with Crippen LogP contribution in [0.2, 0.25) is 5.02 Å². The molecule has 0 fully saturated rings. The Morgan fingerprint density at radius 3 is 2.80 bits per heavy atom. The topological polar surface area (TPSA) is 68.0 Å². The van der Waals surface area contributed by atoms with E-state index in [4.69, 9.17) is 17.3 Å². The molecule has 0 bridgehead atoms. The van der Waals surface area contributed by atoms with Crippen molar-refractivity contribution in [3.05, 3.63) is 68.5 Å². The number of halogens is 3. The van der Waals surface area contributed by atoms with Crippen LogP contribution in [-0.4, -0.2) is 10.9 Å². The number of aryl methyl sites for hydroxylation is 1. The second-order valence-electron chi connectivity index (χ2n) is 5.57. The number of carbonyl (C=O) groups excluding carboxylic acids is 1. The Morgan fingerprint density at radius 2 is 2.08 bits per heavy atom. The SMILES string of the molecule is Cc1nc2ccc(Br)cc2c(NCc2cc(C(N)=O)ccc2F)c1Cl. The van der Waals surface area contributed by atoms with Gasteiger partial charge in [-0.2, -0.15) is 0 Å². The highest BCUT2D eigenvalue weighted by Crippen LogP contribution is 2.34. The first-order valence-electron chi connectivity index (χ1n) is 7.44. The number of anilines is 1. The van der Waals surface area contributed by atoms with Crippen molar-refractivity contribution >= 4 is 50.0 Å². The van der Waals surface area contributed by atoms with Crippen molar-refractivity contribution in [2.24, 2.45) is 5.73 Å². The van der Waals surface area contributed by atoms with Gasteiger partial charge in [-0.05, 0) is 43.3 Å². The number of nitrogens with two attached hydrogens (primary N) is 1. The number of fused-ring (bicyclic) bond motifs is 1. The number of hydrogen-bond acceptors (Lipinski definition) is 3. The van der Waals surface area contributed by atoms with Gasteiger partial charge in [0.15, 0.2) is 0 Å². The number of rotatable bonds is 4. The predicted molar refractivity (Wildman–Crippen MR) is 101 cm³/mol. The first kappa shape index (κ1) is 17.6. The average molecular weight is 423 g/mol. The van der Waals surface area contributed by atoms with Crippen LogP contribution in [0.15, 0.2) is 40.9 Å². The van der Waals surface area contributed by atoms with E-state index in [1.54, 1.807) is 0 Å². The molecule has 3 aromatic rings. The van der Waals surface area contributed by atoms with Gasteiger partial charge in [-0.25, -0.2) is 4.39 Å². The van der Waals surface area contributed by atoms with Crippen molar-refractivity contribution < 1.29 is 9.18 Å². The van der Waals surface area contributed by atoms with Gasteiger partial charge in [-0.1, -0.05) is 27.5 Å². The largest absolute Gasteiger partial charge is 0.379 e. The van der Waals surface area contributed by atoms with Crippen molar-refractivity contribution in [2.75, 3.05) is 5.32 Å². The quantitative estimate of drug-likeness (QED) is 0.634. The average Bonchev–Trinajstić information content (AvgIpc) is 2.57. The summed E-state index contributed by atoms with van der Waals surface area (Å²) in [6.45, 7) is 1.96. The Balaban J connectivity index is 2.01. The van der Waals surface area contributed by atoms with Gasteiger partial charge in [-0.3, -0.25) is 9.78 Å². The molecule has 2 aromatic carbocycles. The van der Waals surface area contributed by atoms with E-state index < -0.39 is 11.7 Å². The fourth-order valence-corrected chi connectivity index (χ4v) is 3.13. The maximum Gasteiger partial charge on any atom is 0.248 e. The number of benzene rings is 2. The Labute approximate surface area is 157 Å². The Hall–Kier alpha value is -2.18. The van der Waals surface area contributed by atoms with E-state index in [1.807, 2.05) is 25.1 Å². The molecule has 0 spiro atoms. The smallest absolute Gasteiger partial charge is 0.248 e. The Kier molecular flexibility index (Phi) is 4.92. The van der Waals surface area contributed by atoms with E-state index >= 15 is 0 Å². The van der Waals surface area contributed by atoms with Crippen molar-refractivity contribution in [1.29, 1.82) is 0 Å². The van der Waals surface area contributed by atoms with Crippen LogP contribution in [0.4, 0.5) is 10.1 Å². The normalized spacial score (nSPS) is 10.9. The zero-order chi connectivity index (χ0) is 18.1. The zero-order valence-corrected chi connectivity index (χ0v) is 15.6. The molecule has 3 N–H and O–H groups in total. The molecular formula is C18H14BrClFN3O. The van der Waals surface area contributed by atoms with E-state index in [2.05, 4.69) is 26.2 Å². The highest BCUT2D eigenvalue weighted by atomic mass is 79.9. The molecule has 0 aliphatic rings. The van der Waals surface area contributed by atoms with Crippen molar-refractivity contribution in [3.63, 3.8) is 0 Å². The summed E-state index contributed by atoms with van der Waals surface area (Å²) in [6, 6.07) is 9.68. The van der Waals surface area contributed by atoms with Crippen molar-refractivity contribution in [2.45, 2.75) is 13.5 Å². The molecule has 1 aromatic heterocycles. The summed E-state index contributed by atoms with van der Waals surface area (Å²) in [4.78, 5) is 15.8. The fraction of sp³-hybridized carbons (Fsp3) is 0.111. The molecule has 1 amide bonds. The van der Waals surface area contributed by atoms with Gasteiger partial charge in [0.2, 0.25) is 5.91 Å². The predicted octanol–water partition coefficient (Wildman–Crippen LogP) is 4.81. The van der Waals surface area contributed by atoms with Crippen LogP contribution in [0, 0.1) is 12.7 Å². The molecule has 0 atom stereocenters. The molecule has 7 heteroatoms. The Bertz CT molecular complexity index is 994. The van der Waals surface area contributed by atoms with Gasteiger partial charge in [0, 0.05) is 27.5 Å². The monoisotopic (exact) mass is 421 g/mol. The maximum absolute atomic E-state index is 14.0. The molecule has 0 aliphatic carbocycles. The van der Waals surface area contributed by atoms with Gasteiger partial charge in [0.25, 0.3) is 0 Å². The summed E-state index contributed by atoms with van der Waals surface area (Å²) in [5.41, 5.74) is 7.95. The molecule has 25 heavy (non-hydrogen) atoms. The number of primary amides is 1. The minimum atomic E-state index is -0.603. The van der Waals surface area contributed by atoms with Crippen molar-refractivity contribution in [1.82, 2.24) is 4.98 Å². The second-order valence-corrected chi connectivity index (χ2v) is 6.87. The first-order valence-corrected chi connectivity index (χ1v) is 8.61. The lowest BCUT2D eigenvalue weighted by Crippen LogP contribution is -2.12. The van der Waals surface area contributed by atoms with Gasteiger partial charge >= 0.3 is 0 Å². The van der Waals surface area contributed by atoms with E-state index in [-0.39, 0.29) is 12.1 Å². The number of nitrogens with zero attached hydrogens (tertiary/aromatic N) is 1. The van der Waals surface area contributed by atoms with Gasteiger partial charge in [-0.15, -0.1) is 0 Å². The van der Waals surface area contributed by atoms with Crippen LogP contribution in [0.3, 0.4) is 0 Å². The summed E-state index contributed by atoms with van der Waals surface area (Å²) in [5.74, 6) is -1.03. The molecule has 0 aliphatic heterocycles. The van der Waals surface area contributed by atoms with Crippen molar-refractivity contribution in [3.8, 4) is 0 Å². The molecule has 0 saturated heterocycles. The Morgan fingerprint density at radius 1 is 1.32 bits per heavy atom. The zero-order valence-electron chi connectivity index (χ0n) is 13.2. The van der Waals surface area contributed by atoms with Crippen LogP contribution < -0.4 is 11.1 Å². The molecule has 0 radical (unpaired) electrons. The number of pyridine rings is 1. The summed E-state index contributed by atoms with van der Waals surface area (Å²) in [5, 5.41) is 4.45.